The van der Waals surface area contributed by atoms with Gasteiger partial charge < -0.3 is 9.64 Å². The number of rotatable bonds is 2. The van der Waals surface area contributed by atoms with Gasteiger partial charge in [-0.25, -0.2) is 0 Å². The molecule has 0 radical (unpaired) electrons. The molecule has 1 aliphatic rings. The van der Waals surface area contributed by atoms with E-state index in [1.165, 1.54) is 0 Å². The van der Waals surface area contributed by atoms with E-state index in [1.54, 1.807) is 17.3 Å². The molecule has 1 aliphatic heterocycles. The molecule has 1 aromatic rings. The molecule has 0 spiro atoms. The Morgan fingerprint density at radius 3 is 2.88 bits per heavy atom. The van der Waals surface area contributed by atoms with Gasteiger partial charge in [-0.15, -0.1) is 11.6 Å². The summed E-state index contributed by atoms with van der Waals surface area (Å²) in [5, 5.41) is -0.651. The lowest BCUT2D eigenvalue weighted by molar-refractivity contribution is -0.135. The van der Waals surface area contributed by atoms with E-state index < -0.39 is 5.38 Å². The zero-order valence-electron chi connectivity index (χ0n) is 9.73. The van der Waals surface area contributed by atoms with E-state index in [1.807, 2.05) is 13.0 Å². The maximum absolute atomic E-state index is 12.2. The Balaban J connectivity index is 2.11. The van der Waals surface area contributed by atoms with Crippen LogP contribution in [-0.2, 0) is 9.53 Å². The Morgan fingerprint density at radius 2 is 2.24 bits per heavy atom. The molecule has 0 aromatic carbocycles. The number of carbonyl (C=O) groups is 1. The standard InChI is InChI=1S/C12H15ClN2O2/c1-9-2-3-14-8-10(9)11(13)12(16)15-4-6-17-7-5-15/h2-3,8,11H,4-7H2,1H3. The zero-order chi connectivity index (χ0) is 12.3. The number of amides is 1. The summed E-state index contributed by atoms with van der Waals surface area (Å²) in [5.41, 5.74) is 1.77. The van der Waals surface area contributed by atoms with Crippen LogP contribution in [0.25, 0.3) is 0 Å². The third kappa shape index (κ3) is 2.76. The molecule has 0 N–H and O–H groups in total. The number of alkyl halides is 1. The average molecular weight is 255 g/mol. The minimum absolute atomic E-state index is 0.0638. The van der Waals surface area contributed by atoms with E-state index in [9.17, 15) is 4.79 Å². The summed E-state index contributed by atoms with van der Waals surface area (Å²) in [6.45, 7) is 4.32. The molecule has 1 atom stereocenters. The van der Waals surface area contributed by atoms with Crippen molar-refractivity contribution in [2.75, 3.05) is 26.3 Å². The van der Waals surface area contributed by atoms with Crippen LogP contribution in [0.4, 0.5) is 0 Å². The van der Waals surface area contributed by atoms with E-state index in [-0.39, 0.29) is 5.91 Å². The van der Waals surface area contributed by atoms with E-state index in [4.69, 9.17) is 16.3 Å². The average Bonchev–Trinajstić information content (AvgIpc) is 2.39. The van der Waals surface area contributed by atoms with Gasteiger partial charge in [-0.05, 0) is 18.6 Å². The smallest absolute Gasteiger partial charge is 0.245 e. The first kappa shape index (κ1) is 12.3. The van der Waals surface area contributed by atoms with Gasteiger partial charge in [-0.1, -0.05) is 0 Å². The zero-order valence-corrected chi connectivity index (χ0v) is 10.5. The second-order valence-electron chi connectivity index (χ2n) is 4.03. The van der Waals surface area contributed by atoms with Gasteiger partial charge in [0.1, 0.15) is 5.38 Å². The maximum Gasteiger partial charge on any atom is 0.245 e. The third-order valence-corrected chi connectivity index (χ3v) is 3.31. The van der Waals surface area contributed by atoms with E-state index in [0.29, 0.717) is 26.3 Å². The highest BCUT2D eigenvalue weighted by Gasteiger charge is 2.26. The Labute approximate surface area is 106 Å². The second-order valence-corrected chi connectivity index (χ2v) is 4.47. The van der Waals surface area contributed by atoms with Gasteiger partial charge in [0.15, 0.2) is 0 Å². The van der Waals surface area contributed by atoms with Gasteiger partial charge in [-0.2, -0.15) is 0 Å². The number of carbonyl (C=O) groups excluding carboxylic acids is 1. The minimum Gasteiger partial charge on any atom is -0.378 e. The summed E-state index contributed by atoms with van der Waals surface area (Å²) in [5.74, 6) is -0.0638. The van der Waals surface area contributed by atoms with Gasteiger partial charge in [0.2, 0.25) is 5.91 Å². The van der Waals surface area contributed by atoms with Gasteiger partial charge in [0.05, 0.1) is 13.2 Å². The monoisotopic (exact) mass is 254 g/mol. The van der Waals surface area contributed by atoms with Crippen molar-refractivity contribution in [3.05, 3.63) is 29.6 Å². The van der Waals surface area contributed by atoms with Crippen molar-refractivity contribution in [1.82, 2.24) is 9.88 Å². The molecule has 0 aliphatic carbocycles. The lowest BCUT2D eigenvalue weighted by atomic mass is 10.1. The number of aromatic nitrogens is 1. The molecular formula is C12H15ClN2O2. The summed E-state index contributed by atoms with van der Waals surface area (Å²) in [7, 11) is 0. The summed E-state index contributed by atoms with van der Waals surface area (Å²) in [4.78, 5) is 17.9. The number of aryl methyl sites for hydroxylation is 1. The van der Waals surface area contributed by atoms with Crippen LogP contribution >= 0.6 is 11.6 Å². The number of ether oxygens (including phenoxy) is 1. The van der Waals surface area contributed by atoms with Crippen LogP contribution in [0.15, 0.2) is 18.5 Å². The fourth-order valence-corrected chi connectivity index (χ4v) is 2.19. The highest BCUT2D eigenvalue weighted by atomic mass is 35.5. The predicted octanol–water partition coefficient (Wildman–Crippen LogP) is 1.53. The van der Waals surface area contributed by atoms with Crippen molar-refractivity contribution in [2.45, 2.75) is 12.3 Å². The molecule has 1 amide bonds. The van der Waals surface area contributed by atoms with Crippen molar-refractivity contribution in [2.24, 2.45) is 0 Å². The summed E-state index contributed by atoms with van der Waals surface area (Å²) in [6.07, 6.45) is 3.35. The molecule has 4 nitrogen and oxygen atoms in total. The molecule has 1 saturated heterocycles. The lowest BCUT2D eigenvalue weighted by Crippen LogP contribution is -2.42. The number of halogens is 1. The van der Waals surface area contributed by atoms with Crippen LogP contribution < -0.4 is 0 Å². The molecule has 2 rings (SSSR count). The van der Waals surface area contributed by atoms with Gasteiger partial charge in [0.25, 0.3) is 0 Å². The maximum atomic E-state index is 12.2. The summed E-state index contributed by atoms with van der Waals surface area (Å²) < 4.78 is 5.21. The second kappa shape index (κ2) is 5.47. The van der Waals surface area contributed by atoms with Crippen molar-refractivity contribution in [1.29, 1.82) is 0 Å². The van der Waals surface area contributed by atoms with Crippen LogP contribution in [0, 0.1) is 6.92 Å². The Morgan fingerprint density at radius 1 is 1.53 bits per heavy atom. The Kier molecular flexibility index (Phi) is 3.97. The molecule has 1 fully saturated rings. The van der Waals surface area contributed by atoms with Crippen LogP contribution in [0.2, 0.25) is 0 Å². The van der Waals surface area contributed by atoms with Crippen molar-refractivity contribution < 1.29 is 9.53 Å². The predicted molar refractivity (Wildman–Crippen MR) is 65.0 cm³/mol. The Bertz CT molecular complexity index is 405. The number of hydrogen-bond acceptors (Lipinski definition) is 3. The fraction of sp³-hybridized carbons (Fsp3) is 0.500. The molecule has 0 bridgehead atoms. The van der Waals surface area contributed by atoms with Crippen LogP contribution in [0.5, 0.6) is 0 Å². The molecule has 1 unspecified atom stereocenters. The van der Waals surface area contributed by atoms with Crippen LogP contribution in [-0.4, -0.2) is 42.1 Å². The fourth-order valence-electron chi connectivity index (χ4n) is 1.82. The topological polar surface area (TPSA) is 42.4 Å². The molecule has 2 heterocycles. The molecule has 17 heavy (non-hydrogen) atoms. The summed E-state index contributed by atoms with van der Waals surface area (Å²) in [6, 6.07) is 1.86. The van der Waals surface area contributed by atoms with Crippen molar-refractivity contribution in [3.63, 3.8) is 0 Å². The van der Waals surface area contributed by atoms with Crippen molar-refractivity contribution >= 4 is 17.5 Å². The SMILES string of the molecule is Cc1ccncc1C(Cl)C(=O)N1CCOCC1. The number of pyridine rings is 1. The highest BCUT2D eigenvalue weighted by molar-refractivity contribution is 6.30. The normalized spacial score (nSPS) is 17.9. The highest BCUT2D eigenvalue weighted by Crippen LogP contribution is 2.25. The van der Waals surface area contributed by atoms with Crippen LogP contribution in [0.1, 0.15) is 16.5 Å². The number of morpholine rings is 1. The molecule has 92 valence electrons. The first-order chi connectivity index (χ1) is 8.20. The van der Waals surface area contributed by atoms with E-state index in [2.05, 4.69) is 4.98 Å². The van der Waals surface area contributed by atoms with E-state index >= 15 is 0 Å². The molecule has 5 heteroatoms. The van der Waals surface area contributed by atoms with Gasteiger partial charge in [-0.3, -0.25) is 9.78 Å². The third-order valence-electron chi connectivity index (χ3n) is 2.89. The van der Waals surface area contributed by atoms with Gasteiger partial charge in [0, 0.05) is 31.0 Å². The molecule has 0 saturated carbocycles. The number of hydrogen-bond donors (Lipinski definition) is 0. The van der Waals surface area contributed by atoms with E-state index in [0.717, 1.165) is 11.1 Å². The quantitative estimate of drug-likeness (QED) is 0.752. The number of nitrogens with zero attached hydrogens (tertiary/aromatic N) is 2. The molecular weight excluding hydrogens is 240 g/mol. The lowest BCUT2D eigenvalue weighted by Gasteiger charge is -2.28. The van der Waals surface area contributed by atoms with Crippen LogP contribution in [0.3, 0.4) is 0 Å². The summed E-state index contributed by atoms with van der Waals surface area (Å²) >= 11 is 6.22. The minimum atomic E-state index is -0.651. The first-order valence-corrected chi connectivity index (χ1v) is 6.05. The Hall–Kier alpha value is -1.13. The largest absolute Gasteiger partial charge is 0.378 e. The first-order valence-electron chi connectivity index (χ1n) is 5.61. The molecule has 1 aromatic heterocycles. The van der Waals surface area contributed by atoms with Gasteiger partial charge >= 0.3 is 0 Å². The van der Waals surface area contributed by atoms with Crippen molar-refractivity contribution in [3.8, 4) is 0 Å².